The van der Waals surface area contributed by atoms with Crippen LogP contribution in [0, 0.1) is 12.8 Å². The molecule has 4 heteroatoms. The van der Waals surface area contributed by atoms with Gasteiger partial charge in [-0.1, -0.05) is 26.0 Å². The van der Waals surface area contributed by atoms with Crippen LogP contribution in [0.3, 0.4) is 0 Å². The summed E-state index contributed by atoms with van der Waals surface area (Å²) in [7, 11) is 0. The Morgan fingerprint density at radius 1 is 1.43 bits per heavy atom. The van der Waals surface area contributed by atoms with Crippen LogP contribution in [0.4, 0.5) is 5.69 Å². The third-order valence-electron chi connectivity index (χ3n) is 3.89. The Morgan fingerprint density at radius 3 is 2.76 bits per heavy atom. The first kappa shape index (κ1) is 14.4. The molecule has 3 nitrogen and oxygen atoms in total. The maximum absolute atomic E-state index is 12.9. The lowest BCUT2D eigenvalue weighted by Gasteiger charge is -2.24. The van der Waals surface area contributed by atoms with Crippen LogP contribution in [0.5, 0.6) is 0 Å². The number of aryl methyl sites for hydroxylation is 1. The first-order chi connectivity index (χ1) is 9.97. The second-order valence-electron chi connectivity index (χ2n) is 6.43. The fourth-order valence-electron chi connectivity index (χ4n) is 2.69. The number of fused-ring (bicyclic) bond motifs is 1. The third-order valence-corrected chi connectivity index (χ3v) is 5.04. The minimum atomic E-state index is 0.113. The molecule has 0 atom stereocenters. The molecule has 1 aromatic carbocycles. The summed E-state index contributed by atoms with van der Waals surface area (Å²) in [6.07, 6.45) is 2.25. The highest BCUT2D eigenvalue weighted by molar-refractivity contribution is 7.21. The van der Waals surface area contributed by atoms with Gasteiger partial charge in [-0.3, -0.25) is 4.79 Å². The molecule has 1 fully saturated rings. The lowest BCUT2D eigenvalue weighted by Crippen LogP contribution is -2.36. The van der Waals surface area contributed by atoms with E-state index in [4.69, 9.17) is 5.73 Å². The summed E-state index contributed by atoms with van der Waals surface area (Å²) in [5.41, 5.74) is 8.09. The number of nitrogen functional groups attached to an aromatic ring is 1. The van der Waals surface area contributed by atoms with Gasteiger partial charge in [0.2, 0.25) is 0 Å². The van der Waals surface area contributed by atoms with Crippen molar-refractivity contribution < 1.29 is 4.79 Å². The van der Waals surface area contributed by atoms with Crippen LogP contribution in [0.2, 0.25) is 0 Å². The standard InChI is InChI=1S/C17H22N2OS/c1-10(2)9-19(12-5-6-12)17(20)16-15(18)13-7-4-11(3)8-14(13)21-16/h4,7-8,10,12H,5-6,9,18H2,1-3H3. The second-order valence-corrected chi connectivity index (χ2v) is 7.48. The first-order valence-electron chi connectivity index (χ1n) is 7.57. The number of nitrogens with two attached hydrogens (primary N) is 1. The van der Waals surface area contributed by atoms with E-state index in [1.54, 1.807) is 0 Å². The molecule has 0 radical (unpaired) electrons. The highest BCUT2D eigenvalue weighted by Gasteiger charge is 2.34. The van der Waals surface area contributed by atoms with E-state index in [1.807, 2.05) is 17.0 Å². The minimum Gasteiger partial charge on any atom is -0.397 e. The predicted molar refractivity (Wildman–Crippen MR) is 89.9 cm³/mol. The fraction of sp³-hybridized carbons (Fsp3) is 0.471. The molecule has 3 rings (SSSR count). The lowest BCUT2D eigenvalue weighted by molar-refractivity contribution is 0.0728. The number of thiophene rings is 1. The fourth-order valence-corrected chi connectivity index (χ4v) is 3.87. The molecule has 1 aliphatic carbocycles. The van der Waals surface area contributed by atoms with Crippen LogP contribution in [-0.2, 0) is 0 Å². The molecule has 2 N–H and O–H groups in total. The molecule has 1 aromatic heterocycles. The summed E-state index contributed by atoms with van der Waals surface area (Å²) < 4.78 is 1.11. The van der Waals surface area contributed by atoms with Gasteiger partial charge in [-0.2, -0.15) is 0 Å². The molecule has 0 aliphatic heterocycles. The zero-order valence-corrected chi connectivity index (χ0v) is 13.7. The van der Waals surface area contributed by atoms with Gasteiger partial charge in [0.1, 0.15) is 4.88 Å². The molecule has 1 heterocycles. The normalized spacial score (nSPS) is 14.9. The maximum atomic E-state index is 12.9. The Kier molecular flexibility index (Phi) is 3.66. The van der Waals surface area contributed by atoms with Crippen LogP contribution in [0.1, 0.15) is 41.9 Å². The number of anilines is 1. The van der Waals surface area contributed by atoms with E-state index in [0.717, 1.165) is 29.5 Å². The van der Waals surface area contributed by atoms with Crippen molar-refractivity contribution in [1.82, 2.24) is 4.90 Å². The van der Waals surface area contributed by atoms with E-state index >= 15 is 0 Å². The number of nitrogens with zero attached hydrogens (tertiary/aromatic N) is 1. The van der Waals surface area contributed by atoms with E-state index in [9.17, 15) is 4.79 Å². The van der Waals surface area contributed by atoms with Crippen molar-refractivity contribution in [2.45, 2.75) is 39.7 Å². The number of carbonyl (C=O) groups excluding carboxylic acids is 1. The van der Waals surface area contributed by atoms with Crippen LogP contribution >= 0.6 is 11.3 Å². The molecule has 0 unspecified atom stereocenters. The molecule has 0 bridgehead atoms. The van der Waals surface area contributed by atoms with Crippen molar-refractivity contribution in [1.29, 1.82) is 0 Å². The molecular formula is C17H22N2OS. The maximum Gasteiger partial charge on any atom is 0.266 e. The number of benzene rings is 1. The molecule has 1 aliphatic rings. The number of carbonyl (C=O) groups is 1. The van der Waals surface area contributed by atoms with E-state index in [0.29, 0.717) is 22.5 Å². The van der Waals surface area contributed by atoms with Crippen LogP contribution < -0.4 is 5.73 Å². The topological polar surface area (TPSA) is 46.3 Å². The van der Waals surface area contributed by atoms with Crippen molar-refractivity contribution in [2.24, 2.45) is 5.92 Å². The smallest absolute Gasteiger partial charge is 0.266 e. The summed E-state index contributed by atoms with van der Waals surface area (Å²) in [5.74, 6) is 0.593. The molecule has 0 spiro atoms. The summed E-state index contributed by atoms with van der Waals surface area (Å²) in [6.45, 7) is 7.18. The zero-order valence-electron chi connectivity index (χ0n) is 12.8. The summed E-state index contributed by atoms with van der Waals surface area (Å²) in [4.78, 5) is 15.6. The summed E-state index contributed by atoms with van der Waals surface area (Å²) in [5, 5.41) is 1.01. The average Bonchev–Trinajstić information content (AvgIpc) is 3.20. The Labute approximate surface area is 129 Å². The first-order valence-corrected chi connectivity index (χ1v) is 8.38. The van der Waals surface area contributed by atoms with E-state index < -0.39 is 0 Å². The van der Waals surface area contributed by atoms with Gasteiger partial charge >= 0.3 is 0 Å². The van der Waals surface area contributed by atoms with Crippen LogP contribution in [0.25, 0.3) is 10.1 Å². The second kappa shape index (κ2) is 5.34. The lowest BCUT2D eigenvalue weighted by atomic mass is 10.1. The third kappa shape index (κ3) is 2.77. The van der Waals surface area contributed by atoms with Gasteiger partial charge in [0.15, 0.2) is 0 Å². The van der Waals surface area contributed by atoms with Gasteiger partial charge in [-0.05, 0) is 37.3 Å². The predicted octanol–water partition coefficient (Wildman–Crippen LogP) is 4.05. The van der Waals surface area contributed by atoms with Crippen molar-refractivity contribution in [3.05, 3.63) is 28.6 Å². The molecule has 2 aromatic rings. The van der Waals surface area contributed by atoms with Crippen molar-refractivity contribution in [3.63, 3.8) is 0 Å². The van der Waals surface area contributed by atoms with Crippen molar-refractivity contribution >= 4 is 33.0 Å². The Balaban J connectivity index is 1.98. The van der Waals surface area contributed by atoms with Gasteiger partial charge in [0, 0.05) is 22.7 Å². The van der Waals surface area contributed by atoms with Crippen molar-refractivity contribution in [2.75, 3.05) is 12.3 Å². The van der Waals surface area contributed by atoms with Gasteiger partial charge in [0.05, 0.1) is 5.69 Å². The quantitative estimate of drug-likeness (QED) is 0.926. The monoisotopic (exact) mass is 302 g/mol. The largest absolute Gasteiger partial charge is 0.397 e. The highest BCUT2D eigenvalue weighted by Crippen LogP contribution is 2.37. The SMILES string of the molecule is Cc1ccc2c(N)c(C(=O)N(CC(C)C)C3CC3)sc2c1. The average molecular weight is 302 g/mol. The molecule has 1 saturated carbocycles. The van der Waals surface area contributed by atoms with E-state index in [2.05, 4.69) is 26.8 Å². The van der Waals surface area contributed by atoms with E-state index in [1.165, 1.54) is 16.9 Å². The van der Waals surface area contributed by atoms with Gasteiger partial charge in [-0.15, -0.1) is 11.3 Å². The summed E-state index contributed by atoms with van der Waals surface area (Å²) in [6, 6.07) is 6.60. The number of amides is 1. The number of hydrogen-bond donors (Lipinski definition) is 1. The van der Waals surface area contributed by atoms with Gasteiger partial charge in [-0.25, -0.2) is 0 Å². The number of hydrogen-bond acceptors (Lipinski definition) is 3. The van der Waals surface area contributed by atoms with Gasteiger partial charge in [0.25, 0.3) is 5.91 Å². The summed E-state index contributed by atoms with van der Waals surface area (Å²) >= 11 is 1.53. The minimum absolute atomic E-state index is 0.113. The molecule has 21 heavy (non-hydrogen) atoms. The van der Waals surface area contributed by atoms with Crippen LogP contribution in [0.15, 0.2) is 18.2 Å². The van der Waals surface area contributed by atoms with Crippen molar-refractivity contribution in [3.8, 4) is 0 Å². The molecule has 112 valence electrons. The van der Waals surface area contributed by atoms with Gasteiger partial charge < -0.3 is 10.6 Å². The number of rotatable bonds is 4. The highest BCUT2D eigenvalue weighted by atomic mass is 32.1. The van der Waals surface area contributed by atoms with E-state index in [-0.39, 0.29) is 5.91 Å². The Bertz CT molecular complexity index is 685. The zero-order chi connectivity index (χ0) is 15.1. The van der Waals surface area contributed by atoms with Crippen LogP contribution in [-0.4, -0.2) is 23.4 Å². The Morgan fingerprint density at radius 2 is 2.14 bits per heavy atom. The molecular weight excluding hydrogens is 280 g/mol. The Hall–Kier alpha value is -1.55. The molecule has 1 amide bonds. The molecule has 0 saturated heterocycles.